The van der Waals surface area contributed by atoms with E-state index in [2.05, 4.69) is 10.3 Å². The van der Waals surface area contributed by atoms with Crippen molar-refractivity contribution in [1.82, 2.24) is 15.2 Å². The van der Waals surface area contributed by atoms with Crippen LogP contribution in [0.4, 0.5) is 4.39 Å². The molecule has 1 aromatic carbocycles. The third kappa shape index (κ3) is 4.21. The number of likely N-dealkylation sites (tertiary alicyclic amines) is 1. The predicted molar refractivity (Wildman–Crippen MR) is 91.6 cm³/mol. The highest BCUT2D eigenvalue weighted by Crippen LogP contribution is 2.19. The summed E-state index contributed by atoms with van der Waals surface area (Å²) in [7, 11) is 0. The van der Waals surface area contributed by atoms with Gasteiger partial charge in [-0.25, -0.2) is 4.39 Å². The normalized spacial score (nSPS) is 15.0. The van der Waals surface area contributed by atoms with Gasteiger partial charge in [-0.2, -0.15) is 0 Å². The summed E-state index contributed by atoms with van der Waals surface area (Å²) in [6.07, 6.45) is 4.73. The number of rotatable bonds is 4. The lowest BCUT2D eigenvalue weighted by molar-refractivity contribution is 0.0679. The zero-order valence-electron chi connectivity index (χ0n) is 13.8. The van der Waals surface area contributed by atoms with Crippen LogP contribution in [0.3, 0.4) is 0 Å². The fraction of sp³-hybridized carbons (Fsp3) is 0.316. The molecule has 0 bridgehead atoms. The van der Waals surface area contributed by atoms with Gasteiger partial charge < -0.3 is 10.2 Å². The van der Waals surface area contributed by atoms with Gasteiger partial charge in [-0.3, -0.25) is 14.6 Å². The minimum absolute atomic E-state index is 0.117. The molecule has 1 fully saturated rings. The van der Waals surface area contributed by atoms with Crippen molar-refractivity contribution in [3.05, 3.63) is 65.7 Å². The Bertz CT molecular complexity index is 743. The number of halogens is 1. The molecule has 6 heteroatoms. The Morgan fingerprint density at radius 2 is 1.92 bits per heavy atom. The fourth-order valence-electron chi connectivity index (χ4n) is 2.98. The zero-order valence-corrected chi connectivity index (χ0v) is 13.8. The van der Waals surface area contributed by atoms with Gasteiger partial charge in [0.25, 0.3) is 11.8 Å². The molecular weight excluding hydrogens is 321 g/mol. The number of pyridine rings is 1. The number of hydrogen-bond donors (Lipinski definition) is 1. The molecule has 3 rings (SSSR count). The van der Waals surface area contributed by atoms with Crippen molar-refractivity contribution in [1.29, 1.82) is 0 Å². The average Bonchev–Trinajstić information content (AvgIpc) is 2.67. The Balaban J connectivity index is 1.48. The van der Waals surface area contributed by atoms with Crippen LogP contribution in [0.2, 0.25) is 0 Å². The van der Waals surface area contributed by atoms with Gasteiger partial charge in [0.1, 0.15) is 5.82 Å². The Kier molecular flexibility index (Phi) is 5.38. The van der Waals surface area contributed by atoms with Crippen LogP contribution in [-0.4, -0.2) is 41.3 Å². The lowest BCUT2D eigenvalue weighted by atomic mass is 9.96. The van der Waals surface area contributed by atoms with Crippen LogP contribution >= 0.6 is 0 Å². The van der Waals surface area contributed by atoms with Crippen molar-refractivity contribution < 1.29 is 14.0 Å². The van der Waals surface area contributed by atoms with E-state index in [0.717, 1.165) is 12.8 Å². The molecule has 2 aromatic rings. The van der Waals surface area contributed by atoms with Gasteiger partial charge in [0, 0.05) is 32.0 Å². The van der Waals surface area contributed by atoms with Crippen LogP contribution in [0.25, 0.3) is 0 Å². The highest BCUT2D eigenvalue weighted by molar-refractivity contribution is 5.94. The summed E-state index contributed by atoms with van der Waals surface area (Å²) < 4.78 is 13.7. The summed E-state index contributed by atoms with van der Waals surface area (Å²) in [4.78, 5) is 30.0. The Labute approximate surface area is 145 Å². The van der Waals surface area contributed by atoms with Crippen molar-refractivity contribution >= 4 is 11.8 Å². The van der Waals surface area contributed by atoms with Crippen LogP contribution < -0.4 is 5.32 Å². The lowest BCUT2D eigenvalue weighted by Crippen LogP contribution is -2.41. The third-order valence-corrected chi connectivity index (χ3v) is 4.48. The molecular formula is C19H20FN3O2. The van der Waals surface area contributed by atoms with Crippen molar-refractivity contribution in [3.63, 3.8) is 0 Å². The second-order valence-corrected chi connectivity index (χ2v) is 6.17. The molecule has 1 aromatic heterocycles. The van der Waals surface area contributed by atoms with E-state index in [1.165, 1.54) is 18.3 Å². The minimum Gasteiger partial charge on any atom is -0.352 e. The smallest absolute Gasteiger partial charge is 0.256 e. The average molecular weight is 341 g/mol. The molecule has 0 radical (unpaired) electrons. The van der Waals surface area contributed by atoms with E-state index in [-0.39, 0.29) is 17.4 Å². The van der Waals surface area contributed by atoms with Crippen LogP contribution in [0.15, 0.2) is 48.8 Å². The summed E-state index contributed by atoms with van der Waals surface area (Å²) in [5.41, 5.74) is 0.653. The number of nitrogens with zero attached hydrogens (tertiary/aromatic N) is 2. The van der Waals surface area contributed by atoms with E-state index in [9.17, 15) is 14.0 Å². The molecule has 0 spiro atoms. The number of hydrogen-bond acceptors (Lipinski definition) is 3. The number of benzene rings is 1. The molecule has 2 amide bonds. The van der Waals surface area contributed by atoms with Crippen molar-refractivity contribution in [2.45, 2.75) is 12.8 Å². The van der Waals surface area contributed by atoms with Crippen LogP contribution in [0.1, 0.15) is 33.6 Å². The van der Waals surface area contributed by atoms with Gasteiger partial charge >= 0.3 is 0 Å². The van der Waals surface area contributed by atoms with Crippen LogP contribution in [0.5, 0.6) is 0 Å². The standard InChI is InChI=1S/C19H20FN3O2/c20-17-6-2-1-5-16(17)19(25)23-10-7-14(8-11-23)12-22-18(24)15-4-3-9-21-13-15/h1-6,9,13-14H,7-8,10-12H2,(H,22,24). The quantitative estimate of drug-likeness (QED) is 0.929. The monoisotopic (exact) mass is 341 g/mol. The van der Waals surface area contributed by atoms with Crippen LogP contribution in [0, 0.1) is 11.7 Å². The van der Waals surface area contributed by atoms with Crippen LogP contribution in [-0.2, 0) is 0 Å². The topological polar surface area (TPSA) is 62.3 Å². The maximum Gasteiger partial charge on any atom is 0.256 e. The number of carbonyl (C=O) groups is 2. The number of amides is 2. The lowest BCUT2D eigenvalue weighted by Gasteiger charge is -2.32. The fourth-order valence-corrected chi connectivity index (χ4v) is 2.98. The first kappa shape index (κ1) is 17.1. The highest BCUT2D eigenvalue weighted by atomic mass is 19.1. The maximum atomic E-state index is 13.7. The Morgan fingerprint density at radius 1 is 1.16 bits per heavy atom. The third-order valence-electron chi connectivity index (χ3n) is 4.48. The van der Waals surface area contributed by atoms with E-state index in [0.29, 0.717) is 31.1 Å². The van der Waals surface area contributed by atoms with Gasteiger partial charge in [-0.1, -0.05) is 12.1 Å². The first-order valence-electron chi connectivity index (χ1n) is 8.37. The highest BCUT2D eigenvalue weighted by Gasteiger charge is 2.25. The summed E-state index contributed by atoms with van der Waals surface area (Å²) in [5.74, 6) is -0.586. The largest absolute Gasteiger partial charge is 0.352 e. The van der Waals surface area contributed by atoms with Crippen molar-refractivity contribution in [2.24, 2.45) is 5.92 Å². The molecule has 1 aliphatic heterocycles. The predicted octanol–water partition coefficient (Wildman–Crippen LogP) is 2.50. The molecule has 0 atom stereocenters. The van der Waals surface area contributed by atoms with E-state index >= 15 is 0 Å². The van der Waals surface area contributed by atoms with Crippen molar-refractivity contribution in [3.8, 4) is 0 Å². The summed E-state index contributed by atoms with van der Waals surface area (Å²) >= 11 is 0. The number of piperidine rings is 1. The number of aromatic nitrogens is 1. The van der Waals surface area contributed by atoms with E-state index in [1.807, 2.05) is 0 Å². The molecule has 0 unspecified atom stereocenters. The Morgan fingerprint density at radius 3 is 2.60 bits per heavy atom. The van der Waals surface area contributed by atoms with E-state index in [4.69, 9.17) is 0 Å². The summed E-state index contributed by atoms with van der Waals surface area (Å²) in [6, 6.07) is 9.49. The number of nitrogens with one attached hydrogen (secondary N) is 1. The minimum atomic E-state index is -0.488. The van der Waals surface area contributed by atoms with Gasteiger partial charge in [0.05, 0.1) is 11.1 Å². The zero-order chi connectivity index (χ0) is 17.6. The number of carbonyl (C=O) groups excluding carboxylic acids is 2. The van der Waals surface area contributed by atoms with E-state index < -0.39 is 5.82 Å². The molecule has 5 nitrogen and oxygen atoms in total. The second kappa shape index (κ2) is 7.88. The molecule has 1 aliphatic rings. The SMILES string of the molecule is O=C(NCC1CCN(C(=O)c2ccccc2F)CC1)c1cccnc1. The second-order valence-electron chi connectivity index (χ2n) is 6.17. The molecule has 0 aliphatic carbocycles. The molecule has 1 saturated heterocycles. The molecule has 130 valence electrons. The van der Waals surface area contributed by atoms with Gasteiger partial charge in [0.2, 0.25) is 0 Å². The van der Waals surface area contributed by atoms with Gasteiger partial charge in [0.15, 0.2) is 0 Å². The molecule has 0 saturated carbocycles. The van der Waals surface area contributed by atoms with Crippen molar-refractivity contribution in [2.75, 3.05) is 19.6 Å². The molecule has 1 N–H and O–H groups in total. The summed E-state index contributed by atoms with van der Waals surface area (Å²) in [6.45, 7) is 1.71. The first-order valence-corrected chi connectivity index (χ1v) is 8.37. The van der Waals surface area contributed by atoms with E-state index in [1.54, 1.807) is 35.4 Å². The molecule has 2 heterocycles. The summed E-state index contributed by atoms with van der Waals surface area (Å²) in [5, 5.41) is 2.91. The molecule has 25 heavy (non-hydrogen) atoms. The van der Waals surface area contributed by atoms with Gasteiger partial charge in [-0.15, -0.1) is 0 Å². The Hall–Kier alpha value is -2.76. The maximum absolute atomic E-state index is 13.7. The van der Waals surface area contributed by atoms with Gasteiger partial charge in [-0.05, 0) is 43.0 Å². The first-order chi connectivity index (χ1) is 12.1.